The molecule has 0 N–H and O–H groups in total. The van der Waals surface area contributed by atoms with E-state index in [1.807, 2.05) is 19.9 Å². The van der Waals surface area contributed by atoms with Gasteiger partial charge in [0.05, 0.1) is 16.4 Å². The van der Waals surface area contributed by atoms with Crippen LogP contribution in [0, 0.1) is 12.8 Å². The summed E-state index contributed by atoms with van der Waals surface area (Å²) in [5, 5.41) is 1.43. The highest BCUT2D eigenvalue weighted by Crippen LogP contribution is 2.25. The molecule has 0 radical (unpaired) electrons. The molecule has 0 aliphatic carbocycles. The number of aromatic nitrogens is 1. The van der Waals surface area contributed by atoms with Crippen molar-refractivity contribution in [1.82, 2.24) is 9.29 Å². The molecule has 1 aromatic heterocycles. The minimum atomic E-state index is -3.78. The van der Waals surface area contributed by atoms with Gasteiger partial charge in [0.2, 0.25) is 10.0 Å². The Morgan fingerprint density at radius 3 is 2.45 bits per heavy atom. The second-order valence-electron chi connectivity index (χ2n) is 8.33. The topological polar surface area (TPSA) is 93.6 Å². The molecule has 7 nitrogen and oxygen atoms in total. The molecule has 0 saturated carbocycles. The van der Waals surface area contributed by atoms with Crippen molar-refractivity contribution >= 4 is 30.9 Å². The average molecular weight is 491 g/mol. The largest absolute Gasteiger partial charge is 0.296 e. The zero-order valence-corrected chi connectivity index (χ0v) is 20.8. The summed E-state index contributed by atoms with van der Waals surface area (Å²) in [4.78, 5) is 4.47. The minimum Gasteiger partial charge on any atom is -0.266 e. The van der Waals surface area contributed by atoms with Crippen LogP contribution in [0.1, 0.15) is 31.7 Å². The molecule has 178 valence electrons. The number of rotatable bonds is 11. The van der Waals surface area contributed by atoms with E-state index in [1.165, 1.54) is 16.4 Å². The highest BCUT2D eigenvalue weighted by Gasteiger charge is 2.23. The fourth-order valence-corrected chi connectivity index (χ4v) is 5.93. The Morgan fingerprint density at radius 1 is 1.00 bits per heavy atom. The van der Waals surface area contributed by atoms with Gasteiger partial charge in [-0.2, -0.15) is 8.42 Å². The van der Waals surface area contributed by atoms with Crippen molar-refractivity contribution in [3.8, 4) is 0 Å². The third-order valence-corrected chi connectivity index (χ3v) is 8.78. The maximum absolute atomic E-state index is 13.1. The van der Waals surface area contributed by atoms with Gasteiger partial charge in [-0.1, -0.05) is 43.2 Å². The SMILES string of the molecule is Cc1ccc(S(=O)(=O)OCC(C)CCCCN(C)S(=O)(=O)c2cccc3cnccc23)cc1. The number of hydrogen-bond acceptors (Lipinski definition) is 6. The molecule has 9 heteroatoms. The third-order valence-electron chi connectivity index (χ3n) is 5.57. The highest BCUT2D eigenvalue weighted by molar-refractivity contribution is 7.89. The smallest absolute Gasteiger partial charge is 0.266 e. The van der Waals surface area contributed by atoms with Gasteiger partial charge in [-0.25, -0.2) is 12.7 Å². The highest BCUT2D eigenvalue weighted by atomic mass is 32.2. The zero-order chi connectivity index (χ0) is 24.1. The molecule has 0 fully saturated rings. The molecular formula is C24H30N2O5S2. The monoisotopic (exact) mass is 490 g/mol. The molecule has 0 saturated heterocycles. The first-order valence-corrected chi connectivity index (χ1v) is 13.7. The molecule has 0 bridgehead atoms. The van der Waals surface area contributed by atoms with Crippen LogP contribution in [0.3, 0.4) is 0 Å². The molecule has 0 amide bonds. The van der Waals surface area contributed by atoms with E-state index in [1.54, 1.807) is 49.8 Å². The summed E-state index contributed by atoms with van der Waals surface area (Å²) in [7, 11) is -5.82. The van der Waals surface area contributed by atoms with Crippen LogP contribution in [-0.4, -0.2) is 46.3 Å². The number of pyridine rings is 1. The number of fused-ring (bicyclic) bond motifs is 1. The van der Waals surface area contributed by atoms with E-state index in [0.29, 0.717) is 18.4 Å². The molecule has 33 heavy (non-hydrogen) atoms. The lowest BCUT2D eigenvalue weighted by Gasteiger charge is -2.19. The Kier molecular flexibility index (Phi) is 8.23. The molecular weight excluding hydrogens is 460 g/mol. The van der Waals surface area contributed by atoms with Crippen molar-refractivity contribution in [3.05, 3.63) is 66.5 Å². The lowest BCUT2D eigenvalue weighted by molar-refractivity contribution is 0.253. The summed E-state index contributed by atoms with van der Waals surface area (Å²) in [6.45, 7) is 4.28. The number of unbranched alkanes of at least 4 members (excludes halogenated alkanes) is 1. The fourth-order valence-electron chi connectivity index (χ4n) is 3.50. The number of nitrogens with zero attached hydrogens (tertiary/aromatic N) is 2. The first-order chi connectivity index (χ1) is 15.6. The van der Waals surface area contributed by atoms with E-state index in [2.05, 4.69) is 4.98 Å². The van der Waals surface area contributed by atoms with Crippen LogP contribution in [0.2, 0.25) is 0 Å². The Labute approximate surface area is 196 Å². The van der Waals surface area contributed by atoms with Crippen molar-refractivity contribution in [2.24, 2.45) is 5.92 Å². The molecule has 0 spiro atoms. The van der Waals surface area contributed by atoms with Gasteiger partial charge >= 0.3 is 0 Å². The van der Waals surface area contributed by atoms with Gasteiger partial charge < -0.3 is 0 Å². The van der Waals surface area contributed by atoms with Gasteiger partial charge in [0.1, 0.15) is 0 Å². The molecule has 3 aromatic rings. The standard InChI is InChI=1S/C24H30N2O5S2/c1-19-10-12-22(13-11-19)33(29,30)31-18-20(2)7-4-5-16-26(3)32(27,28)24-9-6-8-21-17-25-15-14-23(21)24/h6,8-15,17,20H,4-5,7,16,18H2,1-3H3. The van der Waals surface area contributed by atoms with Crippen LogP contribution in [0.5, 0.6) is 0 Å². The van der Waals surface area contributed by atoms with Crippen molar-refractivity contribution in [2.75, 3.05) is 20.2 Å². The molecule has 3 rings (SSSR count). The minimum absolute atomic E-state index is 0.0257. The first kappa shape index (κ1) is 25.3. The number of hydrogen-bond donors (Lipinski definition) is 0. The fraction of sp³-hybridized carbons (Fsp3) is 0.375. The summed E-state index contributed by atoms with van der Waals surface area (Å²) in [5.74, 6) is 0.0257. The predicted octanol–water partition coefficient (Wildman–Crippen LogP) is 4.38. The van der Waals surface area contributed by atoms with Crippen LogP contribution in [0.4, 0.5) is 0 Å². The van der Waals surface area contributed by atoms with Crippen molar-refractivity contribution in [1.29, 1.82) is 0 Å². The van der Waals surface area contributed by atoms with Crippen molar-refractivity contribution < 1.29 is 21.0 Å². The van der Waals surface area contributed by atoms with Gasteiger partial charge in [-0.15, -0.1) is 0 Å². The predicted molar refractivity (Wildman–Crippen MR) is 129 cm³/mol. The van der Waals surface area contributed by atoms with Crippen LogP contribution in [-0.2, 0) is 24.3 Å². The van der Waals surface area contributed by atoms with Crippen LogP contribution >= 0.6 is 0 Å². The maximum atomic E-state index is 13.1. The van der Waals surface area contributed by atoms with Crippen LogP contribution < -0.4 is 0 Å². The Morgan fingerprint density at radius 2 is 1.73 bits per heavy atom. The second kappa shape index (κ2) is 10.7. The summed E-state index contributed by atoms with van der Waals surface area (Å²) < 4.78 is 57.3. The van der Waals surface area contributed by atoms with Crippen LogP contribution in [0.15, 0.2) is 70.7 Å². The molecule has 2 aromatic carbocycles. The molecule has 1 heterocycles. The summed E-state index contributed by atoms with van der Waals surface area (Å²) >= 11 is 0. The molecule has 1 unspecified atom stereocenters. The van der Waals surface area contributed by atoms with Gasteiger partial charge in [0.25, 0.3) is 10.1 Å². The summed E-state index contributed by atoms with van der Waals surface area (Å²) in [5.41, 5.74) is 0.978. The van der Waals surface area contributed by atoms with E-state index in [4.69, 9.17) is 4.18 Å². The van der Waals surface area contributed by atoms with E-state index < -0.39 is 20.1 Å². The number of sulfonamides is 1. The lowest BCUT2D eigenvalue weighted by Crippen LogP contribution is -2.28. The summed E-state index contributed by atoms with van der Waals surface area (Å²) in [6.07, 6.45) is 5.39. The van der Waals surface area contributed by atoms with Crippen molar-refractivity contribution in [2.45, 2.75) is 42.9 Å². The molecule has 0 aliphatic rings. The van der Waals surface area contributed by atoms with E-state index in [-0.39, 0.29) is 22.3 Å². The van der Waals surface area contributed by atoms with Gasteiger partial charge in [-0.05, 0) is 49.9 Å². The normalized spacial score (nSPS) is 13.5. The third kappa shape index (κ3) is 6.38. The zero-order valence-electron chi connectivity index (χ0n) is 19.1. The Balaban J connectivity index is 1.48. The Bertz CT molecular complexity index is 1280. The van der Waals surface area contributed by atoms with E-state index in [9.17, 15) is 16.8 Å². The lowest BCUT2D eigenvalue weighted by atomic mass is 10.1. The average Bonchev–Trinajstić information content (AvgIpc) is 2.80. The van der Waals surface area contributed by atoms with E-state index in [0.717, 1.165) is 23.8 Å². The van der Waals surface area contributed by atoms with Crippen LogP contribution in [0.25, 0.3) is 10.8 Å². The first-order valence-electron chi connectivity index (χ1n) is 10.9. The quantitative estimate of drug-likeness (QED) is 0.293. The molecule has 0 aliphatic heterocycles. The van der Waals surface area contributed by atoms with E-state index >= 15 is 0 Å². The van der Waals surface area contributed by atoms with Gasteiger partial charge in [0.15, 0.2) is 0 Å². The summed E-state index contributed by atoms with van der Waals surface area (Å²) in [6, 6.07) is 13.4. The van der Waals surface area contributed by atoms with Gasteiger partial charge in [0, 0.05) is 36.8 Å². The van der Waals surface area contributed by atoms with Crippen molar-refractivity contribution in [3.63, 3.8) is 0 Å². The second-order valence-corrected chi connectivity index (χ2v) is 12.0. The maximum Gasteiger partial charge on any atom is 0.296 e. The molecule has 1 atom stereocenters. The number of benzene rings is 2. The number of aryl methyl sites for hydroxylation is 1. The van der Waals surface area contributed by atoms with Gasteiger partial charge in [-0.3, -0.25) is 9.17 Å². The Hall–Kier alpha value is -2.33.